The second-order valence-electron chi connectivity index (χ2n) is 5.00. The van der Waals surface area contributed by atoms with Gasteiger partial charge in [0.05, 0.1) is 11.4 Å². The lowest BCUT2D eigenvalue weighted by atomic mass is 9.98. The Morgan fingerprint density at radius 2 is 1.87 bits per heavy atom. The fourth-order valence-electron chi connectivity index (χ4n) is 1.62. The van der Waals surface area contributed by atoms with Gasteiger partial charge in [-0.3, -0.25) is 4.79 Å². The standard InChI is InChI=1S/C15H18N2O5S/c1-4-10-16-23(21,22)12-8-6-11(7-9-12)13(18)17-15(3,5-2)14(19)20/h1,6-9,16H,5,10H2,2-3H3,(H,17,18)(H,19,20). The predicted octanol–water partition coefficient (Wildman–Crippen LogP) is 0.581. The van der Waals surface area contributed by atoms with E-state index in [1.165, 1.54) is 31.2 Å². The van der Waals surface area contributed by atoms with E-state index in [1.807, 2.05) is 0 Å². The van der Waals surface area contributed by atoms with Crippen molar-refractivity contribution in [1.82, 2.24) is 10.0 Å². The van der Waals surface area contributed by atoms with Crippen LogP contribution in [-0.2, 0) is 14.8 Å². The summed E-state index contributed by atoms with van der Waals surface area (Å²) in [5, 5.41) is 11.6. The van der Waals surface area contributed by atoms with E-state index in [4.69, 9.17) is 11.5 Å². The number of nitrogens with one attached hydrogen (secondary N) is 2. The van der Waals surface area contributed by atoms with Crippen molar-refractivity contribution in [2.45, 2.75) is 30.7 Å². The lowest BCUT2D eigenvalue weighted by molar-refractivity contribution is -0.143. The molecule has 1 aromatic rings. The number of hydrogen-bond acceptors (Lipinski definition) is 4. The Morgan fingerprint density at radius 3 is 2.30 bits per heavy atom. The van der Waals surface area contributed by atoms with Gasteiger partial charge < -0.3 is 10.4 Å². The summed E-state index contributed by atoms with van der Waals surface area (Å²) in [4.78, 5) is 23.2. The normalized spacial score (nSPS) is 13.6. The van der Waals surface area contributed by atoms with Crippen LogP contribution < -0.4 is 10.0 Å². The van der Waals surface area contributed by atoms with E-state index in [9.17, 15) is 18.0 Å². The average molecular weight is 338 g/mol. The minimum atomic E-state index is -3.74. The molecule has 23 heavy (non-hydrogen) atoms. The van der Waals surface area contributed by atoms with Crippen LogP contribution in [0.5, 0.6) is 0 Å². The van der Waals surface area contributed by atoms with E-state index in [2.05, 4.69) is 16.0 Å². The fourth-order valence-corrected chi connectivity index (χ4v) is 2.56. The molecule has 0 heterocycles. The first kappa shape index (κ1) is 18.7. The highest BCUT2D eigenvalue weighted by atomic mass is 32.2. The maximum absolute atomic E-state index is 12.1. The first-order valence-corrected chi connectivity index (χ1v) is 8.23. The van der Waals surface area contributed by atoms with Gasteiger partial charge >= 0.3 is 5.97 Å². The molecular formula is C15H18N2O5S. The predicted molar refractivity (Wildman–Crippen MR) is 84.3 cm³/mol. The summed E-state index contributed by atoms with van der Waals surface area (Å²) >= 11 is 0. The molecule has 7 nitrogen and oxygen atoms in total. The zero-order valence-electron chi connectivity index (χ0n) is 12.8. The molecular weight excluding hydrogens is 320 g/mol. The lowest BCUT2D eigenvalue weighted by Crippen LogP contribution is -2.51. The number of hydrogen-bond donors (Lipinski definition) is 3. The number of carboxylic acid groups (broad SMARTS) is 1. The molecule has 0 spiro atoms. The van der Waals surface area contributed by atoms with Crippen LogP contribution in [0.15, 0.2) is 29.2 Å². The van der Waals surface area contributed by atoms with Crippen LogP contribution in [0.4, 0.5) is 0 Å². The van der Waals surface area contributed by atoms with Crippen molar-refractivity contribution in [1.29, 1.82) is 0 Å². The van der Waals surface area contributed by atoms with E-state index < -0.39 is 27.4 Å². The smallest absolute Gasteiger partial charge is 0.329 e. The molecule has 1 atom stereocenters. The van der Waals surface area contributed by atoms with Crippen LogP contribution in [0.1, 0.15) is 30.6 Å². The summed E-state index contributed by atoms with van der Waals surface area (Å²) in [5.41, 5.74) is -1.24. The molecule has 0 saturated heterocycles. The highest BCUT2D eigenvalue weighted by molar-refractivity contribution is 7.89. The molecule has 0 aliphatic carbocycles. The van der Waals surface area contributed by atoms with E-state index in [0.717, 1.165) is 0 Å². The Labute approximate surface area is 135 Å². The van der Waals surface area contributed by atoms with Gasteiger partial charge in [0.15, 0.2) is 0 Å². The Hall–Kier alpha value is -2.37. The number of benzene rings is 1. The van der Waals surface area contributed by atoms with Crippen LogP contribution in [-0.4, -0.2) is 37.5 Å². The molecule has 124 valence electrons. The molecule has 0 aliphatic heterocycles. The summed E-state index contributed by atoms with van der Waals surface area (Å²) in [6, 6.07) is 5.10. The second kappa shape index (κ2) is 7.26. The molecule has 0 aliphatic rings. The van der Waals surface area contributed by atoms with Crippen molar-refractivity contribution in [2.24, 2.45) is 0 Å². The Balaban J connectivity index is 2.95. The monoisotopic (exact) mass is 338 g/mol. The molecule has 1 rings (SSSR count). The second-order valence-corrected chi connectivity index (χ2v) is 6.76. The van der Waals surface area contributed by atoms with E-state index >= 15 is 0 Å². The van der Waals surface area contributed by atoms with E-state index in [0.29, 0.717) is 0 Å². The number of sulfonamides is 1. The molecule has 0 fully saturated rings. The van der Waals surface area contributed by atoms with Crippen LogP contribution in [0.25, 0.3) is 0 Å². The van der Waals surface area contributed by atoms with E-state index in [-0.39, 0.29) is 23.4 Å². The van der Waals surface area contributed by atoms with Gasteiger partial charge in [0.2, 0.25) is 10.0 Å². The van der Waals surface area contributed by atoms with Gasteiger partial charge in [-0.25, -0.2) is 13.2 Å². The minimum absolute atomic E-state index is 0.0409. The third-order valence-corrected chi connectivity index (χ3v) is 4.78. The van der Waals surface area contributed by atoms with Crippen molar-refractivity contribution < 1.29 is 23.1 Å². The molecule has 3 N–H and O–H groups in total. The molecule has 0 saturated carbocycles. The van der Waals surface area contributed by atoms with Gasteiger partial charge in [0.1, 0.15) is 5.54 Å². The molecule has 0 radical (unpaired) electrons. The van der Waals surface area contributed by atoms with Crippen molar-refractivity contribution in [3.63, 3.8) is 0 Å². The van der Waals surface area contributed by atoms with Crippen molar-refractivity contribution in [2.75, 3.05) is 6.54 Å². The fraction of sp³-hybridized carbons (Fsp3) is 0.333. The van der Waals surface area contributed by atoms with E-state index in [1.54, 1.807) is 6.92 Å². The first-order chi connectivity index (χ1) is 10.7. The lowest BCUT2D eigenvalue weighted by Gasteiger charge is -2.24. The van der Waals surface area contributed by atoms with Gasteiger partial charge in [0, 0.05) is 5.56 Å². The molecule has 1 unspecified atom stereocenters. The summed E-state index contributed by atoms with van der Waals surface area (Å²) in [7, 11) is -3.74. The van der Waals surface area contributed by atoms with Crippen LogP contribution >= 0.6 is 0 Å². The van der Waals surface area contributed by atoms with Gasteiger partial charge in [-0.2, -0.15) is 4.72 Å². The van der Waals surface area contributed by atoms with Crippen molar-refractivity contribution in [3.8, 4) is 12.3 Å². The molecule has 0 aromatic heterocycles. The third kappa shape index (κ3) is 4.55. The maximum Gasteiger partial charge on any atom is 0.329 e. The number of amides is 1. The maximum atomic E-state index is 12.1. The highest BCUT2D eigenvalue weighted by Gasteiger charge is 2.33. The summed E-state index contributed by atoms with van der Waals surface area (Å²) in [5.74, 6) is 0.409. The number of terminal acetylenes is 1. The zero-order chi connectivity index (χ0) is 17.7. The summed E-state index contributed by atoms with van der Waals surface area (Å²) in [6.07, 6.45) is 5.20. The topological polar surface area (TPSA) is 113 Å². The van der Waals surface area contributed by atoms with Crippen LogP contribution in [0.2, 0.25) is 0 Å². The number of rotatable bonds is 7. The van der Waals surface area contributed by atoms with Gasteiger partial charge in [-0.15, -0.1) is 6.42 Å². The third-order valence-electron chi connectivity index (χ3n) is 3.36. The Morgan fingerprint density at radius 1 is 1.30 bits per heavy atom. The van der Waals surface area contributed by atoms with Gasteiger partial charge in [0.25, 0.3) is 5.91 Å². The van der Waals surface area contributed by atoms with Crippen molar-refractivity contribution >= 4 is 21.9 Å². The first-order valence-electron chi connectivity index (χ1n) is 6.75. The SMILES string of the molecule is C#CCNS(=O)(=O)c1ccc(C(=O)NC(C)(CC)C(=O)O)cc1. The zero-order valence-corrected chi connectivity index (χ0v) is 13.6. The largest absolute Gasteiger partial charge is 0.480 e. The summed E-state index contributed by atoms with van der Waals surface area (Å²) < 4.78 is 25.9. The number of carbonyl (C=O) groups excluding carboxylic acids is 1. The van der Waals surface area contributed by atoms with Crippen LogP contribution in [0, 0.1) is 12.3 Å². The van der Waals surface area contributed by atoms with Gasteiger partial charge in [-0.05, 0) is 37.6 Å². The number of aliphatic carboxylic acids is 1. The average Bonchev–Trinajstić information content (AvgIpc) is 2.52. The Kier molecular flexibility index (Phi) is 5.90. The number of carboxylic acids is 1. The Bertz CT molecular complexity index is 734. The minimum Gasteiger partial charge on any atom is -0.480 e. The quantitative estimate of drug-likeness (QED) is 0.630. The van der Waals surface area contributed by atoms with Crippen LogP contribution in [0.3, 0.4) is 0 Å². The summed E-state index contributed by atoms with van der Waals surface area (Å²) in [6.45, 7) is 2.90. The highest BCUT2D eigenvalue weighted by Crippen LogP contribution is 2.14. The molecule has 1 aromatic carbocycles. The molecule has 8 heteroatoms. The van der Waals surface area contributed by atoms with Crippen molar-refractivity contribution in [3.05, 3.63) is 29.8 Å². The molecule has 1 amide bonds. The number of carbonyl (C=O) groups is 2. The molecule has 0 bridgehead atoms. The van der Waals surface area contributed by atoms with Gasteiger partial charge in [-0.1, -0.05) is 12.8 Å².